The van der Waals surface area contributed by atoms with E-state index in [2.05, 4.69) is 45.0 Å². The third kappa shape index (κ3) is 3.83. The molecule has 102 valence electrons. The van der Waals surface area contributed by atoms with Crippen LogP contribution in [0.4, 0.5) is 5.69 Å². The number of aromatic nitrogens is 4. The van der Waals surface area contributed by atoms with Gasteiger partial charge in [-0.15, -0.1) is 22.0 Å². The Morgan fingerprint density at radius 1 is 1.45 bits per heavy atom. The monoisotopic (exact) mass is 286 g/mol. The number of nitriles is 1. The molecule has 0 saturated carbocycles. The second kappa shape index (κ2) is 7.31. The average Bonchev–Trinajstić information content (AvgIpc) is 3.01. The molecule has 1 aromatic carbocycles. The number of allylic oxidation sites excluding steroid dienone is 1. The highest BCUT2D eigenvalue weighted by Gasteiger charge is 2.05. The van der Waals surface area contributed by atoms with Crippen molar-refractivity contribution in [3.8, 4) is 6.07 Å². The normalized spacial score (nSPS) is 11.1. The highest BCUT2D eigenvalue weighted by Crippen LogP contribution is 2.21. The Bertz CT molecular complexity index is 597. The fourth-order valence-corrected chi connectivity index (χ4v) is 2.21. The molecule has 0 aliphatic carbocycles. The summed E-state index contributed by atoms with van der Waals surface area (Å²) in [5, 5.41) is 25.4. The molecule has 1 aromatic heterocycles. The van der Waals surface area contributed by atoms with Crippen LogP contribution in [0.5, 0.6) is 0 Å². The number of benzene rings is 1. The Labute approximate surface area is 121 Å². The van der Waals surface area contributed by atoms with Crippen LogP contribution in [0.15, 0.2) is 35.4 Å². The van der Waals surface area contributed by atoms with E-state index in [4.69, 9.17) is 5.26 Å². The van der Waals surface area contributed by atoms with Crippen LogP contribution >= 0.6 is 11.8 Å². The Kier molecular flexibility index (Phi) is 5.15. The van der Waals surface area contributed by atoms with Crippen LogP contribution in [-0.4, -0.2) is 26.4 Å². The van der Waals surface area contributed by atoms with Crippen molar-refractivity contribution in [1.29, 1.82) is 5.26 Å². The zero-order valence-electron chi connectivity index (χ0n) is 11.0. The summed E-state index contributed by atoms with van der Waals surface area (Å²) in [4.78, 5) is 1.24. The number of H-pyrrole nitrogens is 1. The molecule has 0 fully saturated rings. The molecule has 0 spiro atoms. The average molecular weight is 286 g/mol. The SMILES string of the molecule is CCCSc1ccc(NC=C(C#N)c2nn[nH]n2)cc1. The summed E-state index contributed by atoms with van der Waals surface area (Å²) in [5.74, 6) is 1.39. The lowest BCUT2D eigenvalue weighted by atomic mass is 10.3. The molecule has 6 nitrogen and oxygen atoms in total. The predicted molar refractivity (Wildman–Crippen MR) is 78.8 cm³/mol. The second-order valence-corrected chi connectivity index (χ2v) is 5.09. The first-order valence-electron chi connectivity index (χ1n) is 6.17. The van der Waals surface area contributed by atoms with Gasteiger partial charge in [0.25, 0.3) is 0 Å². The van der Waals surface area contributed by atoms with Crippen molar-refractivity contribution in [2.24, 2.45) is 0 Å². The quantitative estimate of drug-likeness (QED) is 0.626. The van der Waals surface area contributed by atoms with E-state index in [0.717, 1.165) is 17.9 Å². The Balaban J connectivity index is 2.01. The molecular weight excluding hydrogens is 272 g/mol. The fourth-order valence-electron chi connectivity index (χ4n) is 1.45. The summed E-state index contributed by atoms with van der Waals surface area (Å²) in [7, 11) is 0. The van der Waals surface area contributed by atoms with Crippen LogP contribution < -0.4 is 5.32 Å². The van der Waals surface area contributed by atoms with Gasteiger partial charge in [-0.3, -0.25) is 0 Å². The van der Waals surface area contributed by atoms with E-state index in [1.54, 1.807) is 6.20 Å². The molecule has 0 bridgehead atoms. The van der Waals surface area contributed by atoms with E-state index in [9.17, 15) is 0 Å². The number of rotatable bonds is 6. The third-order valence-electron chi connectivity index (χ3n) is 2.42. The summed E-state index contributed by atoms with van der Waals surface area (Å²) < 4.78 is 0. The molecule has 2 rings (SSSR count). The summed E-state index contributed by atoms with van der Waals surface area (Å²) in [6.07, 6.45) is 2.72. The molecule has 0 saturated heterocycles. The molecule has 2 N–H and O–H groups in total. The third-order valence-corrected chi connectivity index (χ3v) is 3.63. The number of hydrogen-bond donors (Lipinski definition) is 2. The van der Waals surface area contributed by atoms with Gasteiger partial charge in [-0.25, -0.2) is 0 Å². The first kappa shape index (κ1) is 14.1. The largest absolute Gasteiger partial charge is 0.360 e. The van der Waals surface area contributed by atoms with Crippen LogP contribution in [0.1, 0.15) is 19.2 Å². The van der Waals surface area contributed by atoms with Crippen LogP contribution in [0.2, 0.25) is 0 Å². The predicted octanol–water partition coefficient (Wildman–Crippen LogP) is 2.68. The zero-order chi connectivity index (χ0) is 14.2. The Hall–Kier alpha value is -2.33. The van der Waals surface area contributed by atoms with E-state index in [-0.39, 0.29) is 5.82 Å². The number of anilines is 1. The van der Waals surface area contributed by atoms with Crippen molar-refractivity contribution < 1.29 is 0 Å². The number of aromatic amines is 1. The highest BCUT2D eigenvalue weighted by atomic mass is 32.2. The number of nitrogens with zero attached hydrogens (tertiary/aromatic N) is 4. The van der Waals surface area contributed by atoms with Crippen LogP contribution in [0.3, 0.4) is 0 Å². The summed E-state index contributed by atoms with van der Waals surface area (Å²) >= 11 is 1.83. The van der Waals surface area contributed by atoms with Crippen LogP contribution in [-0.2, 0) is 0 Å². The lowest BCUT2D eigenvalue weighted by Gasteiger charge is -2.03. The van der Waals surface area contributed by atoms with Crippen molar-refractivity contribution in [2.45, 2.75) is 18.2 Å². The second-order valence-electron chi connectivity index (χ2n) is 3.92. The maximum absolute atomic E-state index is 9.03. The van der Waals surface area contributed by atoms with Gasteiger partial charge in [0.2, 0.25) is 5.82 Å². The van der Waals surface area contributed by atoms with Gasteiger partial charge in [0.05, 0.1) is 0 Å². The maximum Gasteiger partial charge on any atom is 0.216 e. The molecule has 0 unspecified atom stereocenters. The van der Waals surface area contributed by atoms with Gasteiger partial charge in [0.1, 0.15) is 11.6 Å². The minimum Gasteiger partial charge on any atom is -0.360 e. The van der Waals surface area contributed by atoms with Gasteiger partial charge in [-0.2, -0.15) is 10.5 Å². The number of tetrazole rings is 1. The summed E-state index contributed by atoms with van der Waals surface area (Å²) in [5.41, 5.74) is 1.23. The molecule has 20 heavy (non-hydrogen) atoms. The molecule has 0 aliphatic heterocycles. The van der Waals surface area contributed by atoms with E-state index in [1.807, 2.05) is 30.0 Å². The van der Waals surface area contributed by atoms with Gasteiger partial charge in [0.15, 0.2) is 0 Å². The first-order chi connectivity index (χ1) is 9.83. The van der Waals surface area contributed by atoms with Gasteiger partial charge in [0, 0.05) is 16.8 Å². The van der Waals surface area contributed by atoms with Crippen molar-refractivity contribution in [3.05, 3.63) is 36.3 Å². The van der Waals surface area contributed by atoms with Crippen molar-refractivity contribution in [3.63, 3.8) is 0 Å². The smallest absolute Gasteiger partial charge is 0.216 e. The molecule has 2 aromatic rings. The molecule has 0 amide bonds. The molecule has 0 atom stereocenters. The molecule has 7 heteroatoms. The van der Waals surface area contributed by atoms with Crippen LogP contribution in [0, 0.1) is 11.3 Å². The molecular formula is C13H14N6S. The van der Waals surface area contributed by atoms with Crippen molar-refractivity contribution in [2.75, 3.05) is 11.1 Å². The number of thioether (sulfide) groups is 1. The van der Waals surface area contributed by atoms with Gasteiger partial charge < -0.3 is 5.32 Å². The molecule has 1 heterocycles. The summed E-state index contributed by atoms with van der Waals surface area (Å²) in [6, 6.07) is 10.1. The van der Waals surface area contributed by atoms with Gasteiger partial charge >= 0.3 is 0 Å². The number of hydrogen-bond acceptors (Lipinski definition) is 6. The van der Waals surface area contributed by atoms with Crippen molar-refractivity contribution in [1.82, 2.24) is 20.6 Å². The fraction of sp³-hybridized carbons (Fsp3) is 0.231. The maximum atomic E-state index is 9.03. The minimum atomic E-state index is 0.273. The van der Waals surface area contributed by atoms with E-state index < -0.39 is 0 Å². The first-order valence-corrected chi connectivity index (χ1v) is 7.15. The topological polar surface area (TPSA) is 90.3 Å². The van der Waals surface area contributed by atoms with E-state index >= 15 is 0 Å². The Morgan fingerprint density at radius 3 is 2.85 bits per heavy atom. The lowest BCUT2D eigenvalue weighted by Crippen LogP contribution is -1.92. The minimum absolute atomic E-state index is 0.273. The molecule has 0 aliphatic rings. The van der Waals surface area contributed by atoms with E-state index in [0.29, 0.717) is 5.57 Å². The Morgan fingerprint density at radius 2 is 2.25 bits per heavy atom. The number of nitrogens with one attached hydrogen (secondary N) is 2. The molecule has 0 radical (unpaired) electrons. The lowest BCUT2D eigenvalue weighted by molar-refractivity contribution is 0.881. The van der Waals surface area contributed by atoms with Gasteiger partial charge in [-0.05, 0) is 41.7 Å². The highest BCUT2D eigenvalue weighted by molar-refractivity contribution is 7.99. The zero-order valence-corrected chi connectivity index (χ0v) is 11.8. The van der Waals surface area contributed by atoms with E-state index in [1.165, 1.54) is 4.90 Å². The van der Waals surface area contributed by atoms with Crippen LogP contribution in [0.25, 0.3) is 5.57 Å². The summed E-state index contributed by atoms with van der Waals surface area (Å²) in [6.45, 7) is 2.16. The van der Waals surface area contributed by atoms with Gasteiger partial charge in [-0.1, -0.05) is 6.92 Å². The van der Waals surface area contributed by atoms with Crippen molar-refractivity contribution >= 4 is 23.0 Å². The standard InChI is InChI=1S/C13H14N6S/c1-2-7-20-12-5-3-11(4-6-12)15-9-10(8-14)13-16-18-19-17-13/h3-6,9,15H,2,7H2,1H3,(H,16,17,18,19).